The maximum Gasteiger partial charge on any atom is 0.0957 e. The van der Waals surface area contributed by atoms with E-state index >= 15 is 0 Å². The SMILES string of the molecule is Cn1cc2cccc(C3CC3)c2n1. The van der Waals surface area contributed by atoms with Crippen molar-refractivity contribution in [3.8, 4) is 0 Å². The minimum atomic E-state index is 0.790. The van der Waals surface area contributed by atoms with Gasteiger partial charge in [-0.1, -0.05) is 18.2 Å². The summed E-state index contributed by atoms with van der Waals surface area (Å²) in [6, 6.07) is 6.48. The van der Waals surface area contributed by atoms with E-state index in [2.05, 4.69) is 29.5 Å². The lowest BCUT2D eigenvalue weighted by atomic mass is 10.1. The van der Waals surface area contributed by atoms with Gasteiger partial charge < -0.3 is 0 Å². The molecule has 0 unspecified atom stereocenters. The fraction of sp³-hybridized carbons (Fsp3) is 0.364. The van der Waals surface area contributed by atoms with E-state index in [1.165, 1.54) is 29.3 Å². The summed E-state index contributed by atoms with van der Waals surface area (Å²) in [5.41, 5.74) is 2.64. The monoisotopic (exact) mass is 172 g/mol. The number of rotatable bonds is 1. The van der Waals surface area contributed by atoms with Crippen molar-refractivity contribution >= 4 is 10.9 Å². The zero-order valence-electron chi connectivity index (χ0n) is 7.70. The van der Waals surface area contributed by atoms with Crippen molar-refractivity contribution in [1.29, 1.82) is 0 Å². The molecule has 0 bridgehead atoms. The Morgan fingerprint density at radius 2 is 2.23 bits per heavy atom. The highest BCUT2D eigenvalue weighted by molar-refractivity contribution is 5.82. The molecule has 1 fully saturated rings. The summed E-state index contributed by atoms with van der Waals surface area (Å²) in [4.78, 5) is 0. The summed E-state index contributed by atoms with van der Waals surface area (Å²) >= 11 is 0. The number of hydrogen-bond donors (Lipinski definition) is 0. The molecule has 0 N–H and O–H groups in total. The third kappa shape index (κ3) is 1.05. The Balaban J connectivity index is 2.31. The molecule has 0 amide bonds. The Morgan fingerprint density at radius 3 is 3.00 bits per heavy atom. The van der Waals surface area contributed by atoms with E-state index in [1.54, 1.807) is 0 Å². The van der Waals surface area contributed by atoms with E-state index in [-0.39, 0.29) is 0 Å². The number of benzene rings is 1. The molecule has 0 atom stereocenters. The van der Waals surface area contributed by atoms with Gasteiger partial charge in [0, 0.05) is 18.6 Å². The van der Waals surface area contributed by atoms with E-state index in [9.17, 15) is 0 Å². The number of nitrogens with zero attached hydrogens (tertiary/aromatic N) is 2. The van der Waals surface area contributed by atoms with Gasteiger partial charge in [0.15, 0.2) is 0 Å². The molecule has 1 aliphatic rings. The first-order chi connectivity index (χ1) is 6.34. The van der Waals surface area contributed by atoms with Crippen LogP contribution in [0.1, 0.15) is 24.3 Å². The second-order valence-electron chi connectivity index (χ2n) is 3.86. The van der Waals surface area contributed by atoms with Crippen LogP contribution in [-0.2, 0) is 7.05 Å². The van der Waals surface area contributed by atoms with E-state index in [1.807, 2.05) is 11.7 Å². The van der Waals surface area contributed by atoms with Gasteiger partial charge in [0.25, 0.3) is 0 Å². The average Bonchev–Trinajstić information content (AvgIpc) is 2.86. The molecule has 0 aliphatic heterocycles. The Labute approximate surface area is 77.2 Å². The molecule has 1 aromatic heterocycles. The summed E-state index contributed by atoms with van der Waals surface area (Å²) in [5, 5.41) is 5.76. The van der Waals surface area contributed by atoms with Crippen LogP contribution in [-0.4, -0.2) is 9.78 Å². The minimum Gasteiger partial charge on any atom is -0.275 e. The highest BCUT2D eigenvalue weighted by atomic mass is 15.2. The summed E-state index contributed by atoms with van der Waals surface area (Å²) in [5.74, 6) is 0.790. The van der Waals surface area contributed by atoms with Gasteiger partial charge in [0.05, 0.1) is 5.52 Å². The van der Waals surface area contributed by atoms with Gasteiger partial charge in [-0.3, -0.25) is 4.68 Å². The molecule has 0 spiro atoms. The Bertz CT molecular complexity index is 452. The van der Waals surface area contributed by atoms with E-state index in [4.69, 9.17) is 0 Å². The van der Waals surface area contributed by atoms with Crippen LogP contribution >= 0.6 is 0 Å². The van der Waals surface area contributed by atoms with Gasteiger partial charge >= 0.3 is 0 Å². The molecule has 0 radical (unpaired) electrons. The normalized spacial score (nSPS) is 16.7. The molecule has 2 nitrogen and oxygen atoms in total. The molecule has 2 heteroatoms. The average molecular weight is 172 g/mol. The number of aromatic nitrogens is 2. The van der Waals surface area contributed by atoms with Crippen molar-refractivity contribution in [1.82, 2.24) is 9.78 Å². The van der Waals surface area contributed by atoms with E-state index < -0.39 is 0 Å². The third-order valence-electron chi connectivity index (χ3n) is 2.70. The highest BCUT2D eigenvalue weighted by Crippen LogP contribution is 2.42. The lowest BCUT2D eigenvalue weighted by molar-refractivity contribution is 0.778. The largest absolute Gasteiger partial charge is 0.275 e. The molecule has 0 saturated heterocycles. The molecular formula is C11H12N2. The van der Waals surface area contributed by atoms with Crippen molar-refractivity contribution in [3.05, 3.63) is 30.0 Å². The van der Waals surface area contributed by atoms with Crippen LogP contribution in [0.2, 0.25) is 0 Å². The maximum atomic E-state index is 4.49. The molecule has 1 heterocycles. The number of hydrogen-bond acceptors (Lipinski definition) is 1. The van der Waals surface area contributed by atoms with Gasteiger partial charge in [-0.15, -0.1) is 0 Å². The Hall–Kier alpha value is -1.31. The lowest BCUT2D eigenvalue weighted by Crippen LogP contribution is -1.87. The first-order valence-electron chi connectivity index (χ1n) is 4.77. The molecule has 1 aromatic carbocycles. The smallest absolute Gasteiger partial charge is 0.0957 e. The molecule has 3 rings (SSSR count). The topological polar surface area (TPSA) is 17.8 Å². The molecule has 1 saturated carbocycles. The van der Waals surface area contributed by atoms with Crippen molar-refractivity contribution in [2.45, 2.75) is 18.8 Å². The first kappa shape index (κ1) is 7.13. The van der Waals surface area contributed by atoms with Crippen LogP contribution in [0.4, 0.5) is 0 Å². The summed E-state index contributed by atoms with van der Waals surface area (Å²) in [6.45, 7) is 0. The van der Waals surface area contributed by atoms with Crippen LogP contribution < -0.4 is 0 Å². The van der Waals surface area contributed by atoms with Crippen LogP contribution in [0.5, 0.6) is 0 Å². The standard InChI is InChI=1S/C11H12N2/c1-13-7-9-3-2-4-10(8-5-6-8)11(9)12-13/h2-4,7-8H,5-6H2,1H3. The second kappa shape index (κ2) is 2.34. The fourth-order valence-electron chi connectivity index (χ4n) is 1.91. The van der Waals surface area contributed by atoms with Crippen molar-refractivity contribution in [2.24, 2.45) is 7.05 Å². The van der Waals surface area contributed by atoms with Crippen LogP contribution in [0.15, 0.2) is 24.4 Å². The number of aryl methyl sites for hydroxylation is 1. The first-order valence-corrected chi connectivity index (χ1v) is 4.77. The fourth-order valence-corrected chi connectivity index (χ4v) is 1.91. The zero-order valence-corrected chi connectivity index (χ0v) is 7.70. The van der Waals surface area contributed by atoms with Crippen molar-refractivity contribution < 1.29 is 0 Å². The Morgan fingerprint density at radius 1 is 1.38 bits per heavy atom. The molecule has 1 aliphatic carbocycles. The van der Waals surface area contributed by atoms with Gasteiger partial charge in [-0.2, -0.15) is 5.10 Å². The predicted octanol–water partition coefficient (Wildman–Crippen LogP) is 2.45. The minimum absolute atomic E-state index is 0.790. The number of fused-ring (bicyclic) bond motifs is 1. The summed E-state index contributed by atoms with van der Waals surface area (Å²) in [7, 11) is 1.98. The van der Waals surface area contributed by atoms with Gasteiger partial charge in [0.2, 0.25) is 0 Å². The van der Waals surface area contributed by atoms with Crippen molar-refractivity contribution in [2.75, 3.05) is 0 Å². The maximum absolute atomic E-state index is 4.49. The highest BCUT2D eigenvalue weighted by Gasteiger charge is 2.25. The van der Waals surface area contributed by atoms with Gasteiger partial charge in [-0.05, 0) is 24.3 Å². The molecule has 66 valence electrons. The quantitative estimate of drug-likeness (QED) is 0.646. The van der Waals surface area contributed by atoms with E-state index in [0.29, 0.717) is 0 Å². The summed E-state index contributed by atoms with van der Waals surface area (Å²) in [6.07, 6.45) is 4.77. The second-order valence-corrected chi connectivity index (χ2v) is 3.86. The Kier molecular flexibility index (Phi) is 1.29. The molecule has 2 aromatic rings. The van der Waals surface area contributed by atoms with Gasteiger partial charge in [-0.25, -0.2) is 0 Å². The third-order valence-corrected chi connectivity index (χ3v) is 2.70. The molecular weight excluding hydrogens is 160 g/mol. The van der Waals surface area contributed by atoms with Crippen LogP contribution in [0.25, 0.3) is 10.9 Å². The predicted molar refractivity (Wildman–Crippen MR) is 52.7 cm³/mol. The lowest BCUT2D eigenvalue weighted by Gasteiger charge is -1.97. The van der Waals surface area contributed by atoms with Crippen LogP contribution in [0.3, 0.4) is 0 Å². The van der Waals surface area contributed by atoms with E-state index in [0.717, 1.165) is 5.92 Å². The van der Waals surface area contributed by atoms with Crippen molar-refractivity contribution in [3.63, 3.8) is 0 Å². The zero-order chi connectivity index (χ0) is 8.84. The molecule has 13 heavy (non-hydrogen) atoms. The van der Waals surface area contributed by atoms with Crippen LogP contribution in [0, 0.1) is 0 Å². The summed E-state index contributed by atoms with van der Waals surface area (Å²) < 4.78 is 1.90. The van der Waals surface area contributed by atoms with Gasteiger partial charge in [0.1, 0.15) is 0 Å².